The van der Waals surface area contributed by atoms with Crippen LogP contribution in [0.5, 0.6) is 0 Å². The van der Waals surface area contributed by atoms with Crippen LogP contribution in [0.15, 0.2) is 18.2 Å². The van der Waals surface area contributed by atoms with Crippen LogP contribution in [0, 0.1) is 17.6 Å². The Morgan fingerprint density at radius 3 is 2.32 bits per heavy atom. The van der Waals surface area contributed by atoms with Crippen LogP contribution in [0.3, 0.4) is 0 Å². The van der Waals surface area contributed by atoms with Gasteiger partial charge < -0.3 is 10.4 Å². The lowest BCUT2D eigenvalue weighted by Crippen LogP contribution is -2.26. The Kier molecular flexibility index (Phi) is 6.95. The maximum Gasteiger partial charge on any atom is 0.126 e. The normalized spacial score (nSPS) is 14.4. The minimum absolute atomic E-state index is 0.108. The van der Waals surface area contributed by atoms with E-state index in [9.17, 15) is 8.78 Å². The summed E-state index contributed by atoms with van der Waals surface area (Å²) in [5.41, 5.74) is 0.608. The number of hydrogen-bond acceptors (Lipinski definition) is 2. The third kappa shape index (κ3) is 5.66. The van der Waals surface area contributed by atoms with E-state index in [2.05, 4.69) is 12.2 Å². The van der Waals surface area contributed by atoms with E-state index in [1.165, 1.54) is 12.1 Å². The van der Waals surface area contributed by atoms with E-state index in [0.717, 1.165) is 31.9 Å². The second-order valence-corrected chi connectivity index (χ2v) is 5.00. The predicted octanol–water partition coefficient (Wildman–Crippen LogP) is 3.41. The molecule has 0 heterocycles. The summed E-state index contributed by atoms with van der Waals surface area (Å²) in [7, 11) is 0. The molecular formula is C15H23F2NO. The summed E-state index contributed by atoms with van der Waals surface area (Å²) in [5.74, 6) is -0.705. The molecule has 1 rings (SSSR count). The highest BCUT2D eigenvalue weighted by molar-refractivity contribution is 5.20. The van der Waals surface area contributed by atoms with E-state index >= 15 is 0 Å². The van der Waals surface area contributed by atoms with Gasteiger partial charge in [0.25, 0.3) is 0 Å². The number of benzene rings is 1. The molecular weight excluding hydrogens is 248 g/mol. The first-order valence-electron chi connectivity index (χ1n) is 6.87. The standard InChI is InChI=1S/C15H23F2NO/c1-3-4-12(5-6-19)10-18-11(2)13-7-14(16)9-15(17)8-13/h7-9,11-12,18-19H,3-6,10H2,1-2H3. The van der Waals surface area contributed by atoms with E-state index in [-0.39, 0.29) is 12.6 Å². The zero-order chi connectivity index (χ0) is 14.3. The van der Waals surface area contributed by atoms with Gasteiger partial charge in [-0.25, -0.2) is 8.78 Å². The number of aliphatic hydroxyl groups is 1. The van der Waals surface area contributed by atoms with Crippen LogP contribution >= 0.6 is 0 Å². The van der Waals surface area contributed by atoms with Crippen molar-refractivity contribution in [2.45, 2.75) is 39.2 Å². The summed E-state index contributed by atoms with van der Waals surface area (Å²) in [5, 5.41) is 12.3. The molecule has 2 unspecified atom stereocenters. The van der Waals surface area contributed by atoms with Gasteiger partial charge in [0.15, 0.2) is 0 Å². The van der Waals surface area contributed by atoms with Crippen molar-refractivity contribution in [2.75, 3.05) is 13.2 Å². The topological polar surface area (TPSA) is 32.3 Å². The fourth-order valence-corrected chi connectivity index (χ4v) is 2.23. The minimum atomic E-state index is -0.552. The zero-order valence-electron chi connectivity index (χ0n) is 11.6. The molecule has 2 atom stereocenters. The average molecular weight is 271 g/mol. The molecule has 0 fully saturated rings. The smallest absolute Gasteiger partial charge is 0.126 e. The first kappa shape index (κ1) is 16.1. The Labute approximate surface area is 113 Å². The van der Waals surface area contributed by atoms with E-state index in [4.69, 9.17) is 5.11 Å². The number of hydrogen-bond donors (Lipinski definition) is 2. The molecule has 0 radical (unpaired) electrons. The number of rotatable bonds is 8. The Morgan fingerprint density at radius 2 is 1.79 bits per heavy atom. The van der Waals surface area contributed by atoms with Gasteiger partial charge >= 0.3 is 0 Å². The summed E-state index contributed by atoms with van der Waals surface area (Å²) < 4.78 is 26.3. The lowest BCUT2D eigenvalue weighted by atomic mass is 9.99. The predicted molar refractivity (Wildman–Crippen MR) is 72.9 cm³/mol. The molecule has 0 saturated heterocycles. The van der Waals surface area contributed by atoms with Crippen LogP contribution in [-0.2, 0) is 0 Å². The Balaban J connectivity index is 2.55. The van der Waals surface area contributed by atoms with Crippen molar-refractivity contribution >= 4 is 0 Å². The van der Waals surface area contributed by atoms with Crippen LogP contribution in [0.25, 0.3) is 0 Å². The van der Waals surface area contributed by atoms with Gasteiger partial charge in [-0.1, -0.05) is 13.3 Å². The van der Waals surface area contributed by atoms with Crippen molar-refractivity contribution in [3.05, 3.63) is 35.4 Å². The molecule has 4 heteroatoms. The summed E-state index contributed by atoms with van der Waals surface area (Å²) in [6.07, 6.45) is 2.86. The van der Waals surface area contributed by atoms with E-state index in [1.807, 2.05) is 6.92 Å². The number of halogens is 2. The van der Waals surface area contributed by atoms with Crippen LogP contribution in [0.4, 0.5) is 8.78 Å². The quantitative estimate of drug-likeness (QED) is 0.759. The average Bonchev–Trinajstić information content (AvgIpc) is 2.35. The summed E-state index contributed by atoms with van der Waals surface area (Å²) in [4.78, 5) is 0. The van der Waals surface area contributed by atoms with Crippen molar-refractivity contribution in [2.24, 2.45) is 5.92 Å². The van der Waals surface area contributed by atoms with Crippen LogP contribution in [0.1, 0.15) is 44.7 Å². The maximum atomic E-state index is 13.1. The van der Waals surface area contributed by atoms with Gasteiger partial charge in [-0.05, 0) is 49.9 Å². The molecule has 1 aromatic rings. The Bertz CT molecular complexity index is 358. The van der Waals surface area contributed by atoms with Crippen LogP contribution in [0.2, 0.25) is 0 Å². The molecule has 2 N–H and O–H groups in total. The lowest BCUT2D eigenvalue weighted by molar-refractivity contribution is 0.246. The molecule has 0 bridgehead atoms. The fourth-order valence-electron chi connectivity index (χ4n) is 2.23. The van der Waals surface area contributed by atoms with Crippen LogP contribution in [-0.4, -0.2) is 18.3 Å². The highest BCUT2D eigenvalue weighted by Gasteiger charge is 2.12. The summed E-state index contributed by atoms with van der Waals surface area (Å²) in [6.45, 7) is 4.91. The first-order valence-corrected chi connectivity index (χ1v) is 6.87. The molecule has 0 aliphatic carbocycles. The molecule has 0 aliphatic rings. The lowest BCUT2D eigenvalue weighted by Gasteiger charge is -2.20. The monoisotopic (exact) mass is 271 g/mol. The van der Waals surface area contributed by atoms with Gasteiger partial charge in [0.2, 0.25) is 0 Å². The number of aliphatic hydroxyl groups excluding tert-OH is 1. The van der Waals surface area contributed by atoms with Crippen LogP contribution < -0.4 is 5.32 Å². The van der Waals surface area contributed by atoms with Crippen molar-refractivity contribution in [3.8, 4) is 0 Å². The molecule has 108 valence electrons. The second kappa shape index (κ2) is 8.23. The molecule has 0 saturated carbocycles. The number of nitrogens with one attached hydrogen (secondary N) is 1. The van der Waals surface area contributed by atoms with Gasteiger partial charge in [0, 0.05) is 18.7 Å². The SMILES string of the molecule is CCCC(CCO)CNC(C)c1cc(F)cc(F)c1. The van der Waals surface area contributed by atoms with Gasteiger partial charge in [0.1, 0.15) is 11.6 Å². The Hall–Kier alpha value is -1.00. The maximum absolute atomic E-state index is 13.1. The third-order valence-corrected chi connectivity index (χ3v) is 3.33. The zero-order valence-corrected chi connectivity index (χ0v) is 11.6. The Morgan fingerprint density at radius 1 is 1.16 bits per heavy atom. The van der Waals surface area contributed by atoms with Gasteiger partial charge in [-0.3, -0.25) is 0 Å². The van der Waals surface area contributed by atoms with E-state index in [0.29, 0.717) is 11.5 Å². The molecule has 19 heavy (non-hydrogen) atoms. The van der Waals surface area contributed by atoms with E-state index in [1.54, 1.807) is 0 Å². The van der Waals surface area contributed by atoms with Crippen molar-refractivity contribution in [1.29, 1.82) is 0 Å². The summed E-state index contributed by atoms with van der Waals surface area (Å²) in [6, 6.07) is 3.47. The van der Waals surface area contributed by atoms with Crippen molar-refractivity contribution in [1.82, 2.24) is 5.32 Å². The molecule has 0 aromatic heterocycles. The first-order chi connectivity index (χ1) is 9.06. The second-order valence-electron chi connectivity index (χ2n) is 5.00. The molecule has 1 aromatic carbocycles. The molecule has 0 aliphatic heterocycles. The molecule has 2 nitrogen and oxygen atoms in total. The molecule has 0 spiro atoms. The highest BCUT2D eigenvalue weighted by atomic mass is 19.1. The fraction of sp³-hybridized carbons (Fsp3) is 0.600. The van der Waals surface area contributed by atoms with Gasteiger partial charge in [-0.15, -0.1) is 0 Å². The third-order valence-electron chi connectivity index (χ3n) is 3.33. The largest absolute Gasteiger partial charge is 0.396 e. The molecule has 0 amide bonds. The van der Waals surface area contributed by atoms with Gasteiger partial charge in [-0.2, -0.15) is 0 Å². The highest BCUT2D eigenvalue weighted by Crippen LogP contribution is 2.17. The van der Waals surface area contributed by atoms with Crippen molar-refractivity contribution < 1.29 is 13.9 Å². The van der Waals surface area contributed by atoms with Gasteiger partial charge in [0.05, 0.1) is 0 Å². The minimum Gasteiger partial charge on any atom is -0.396 e. The van der Waals surface area contributed by atoms with Crippen molar-refractivity contribution in [3.63, 3.8) is 0 Å². The van der Waals surface area contributed by atoms with E-state index < -0.39 is 11.6 Å². The summed E-state index contributed by atoms with van der Waals surface area (Å²) >= 11 is 0.